The Morgan fingerprint density at radius 1 is 1.60 bits per heavy atom. The summed E-state index contributed by atoms with van der Waals surface area (Å²) < 4.78 is 8.97. The Labute approximate surface area is 31.2 Å². The van der Waals surface area contributed by atoms with Gasteiger partial charge in [0.1, 0.15) is 6.79 Å². The normalized spacial score (nSPS) is 22.2. The highest BCUT2D eigenvalue weighted by Gasteiger charge is 2.18. The van der Waals surface area contributed by atoms with Crippen LogP contribution >= 0.6 is 0 Å². The van der Waals surface area contributed by atoms with Gasteiger partial charge in [0.05, 0.1) is 0 Å². The van der Waals surface area contributed by atoms with Crippen LogP contribution in [0.2, 0.25) is 0 Å². The minimum absolute atomic E-state index is 0.362. The first-order chi connectivity index (χ1) is 2.39. The van der Waals surface area contributed by atoms with Crippen LogP contribution in [0.3, 0.4) is 0 Å². The van der Waals surface area contributed by atoms with Crippen LogP contribution < -0.4 is 0 Å². The van der Waals surface area contributed by atoms with E-state index in [1.54, 1.807) is 0 Å². The summed E-state index contributed by atoms with van der Waals surface area (Å²) in [4.78, 5) is 0. The van der Waals surface area contributed by atoms with Crippen LogP contribution in [-0.4, -0.2) is 13.9 Å². The third-order valence-corrected chi connectivity index (χ3v) is 0.465. The predicted molar refractivity (Wildman–Crippen MR) is 17.1 cm³/mol. The zero-order valence-electron chi connectivity index (χ0n) is 2.68. The summed E-state index contributed by atoms with van der Waals surface area (Å²) in [5.41, 5.74) is 0. The van der Waals surface area contributed by atoms with E-state index in [-0.39, 0.29) is 0 Å². The van der Waals surface area contributed by atoms with E-state index in [1.807, 2.05) is 0 Å². The Morgan fingerprint density at radius 3 is 2.00 bits per heavy atom. The van der Waals surface area contributed by atoms with Crippen molar-refractivity contribution in [2.75, 3.05) is 6.79 Å². The molecule has 1 aliphatic rings. The van der Waals surface area contributed by atoms with Crippen LogP contribution in [-0.2, 0) is 9.31 Å². The zero-order valence-corrected chi connectivity index (χ0v) is 2.68. The molecular weight excluding hydrogens is 66.8 g/mol. The van der Waals surface area contributed by atoms with Crippen molar-refractivity contribution in [2.45, 2.75) is 0 Å². The fourth-order valence-corrected chi connectivity index (χ4v) is 0.147. The summed E-state index contributed by atoms with van der Waals surface area (Å²) in [5, 5.41) is 0. The van der Waals surface area contributed by atoms with Crippen molar-refractivity contribution in [3.8, 4) is 0 Å². The van der Waals surface area contributed by atoms with Crippen molar-refractivity contribution in [3.05, 3.63) is 6.82 Å². The molecular formula is C2H3BO2. The summed E-state index contributed by atoms with van der Waals surface area (Å²) in [6, 6.07) is 0. The van der Waals surface area contributed by atoms with Gasteiger partial charge in [0.15, 0.2) is 0 Å². The molecule has 0 atom stereocenters. The molecule has 1 rings (SSSR count). The molecule has 0 amide bonds. The Morgan fingerprint density at radius 2 is 2.00 bits per heavy atom. The van der Waals surface area contributed by atoms with Gasteiger partial charge in [0.2, 0.25) is 0 Å². The molecule has 5 heavy (non-hydrogen) atoms. The van der Waals surface area contributed by atoms with Gasteiger partial charge < -0.3 is 9.31 Å². The number of rotatable bonds is 0. The molecule has 1 saturated heterocycles. The Hall–Kier alpha value is -0.0151. The fourth-order valence-electron chi connectivity index (χ4n) is 0.147. The second kappa shape index (κ2) is 0.991. The maximum Gasteiger partial charge on any atom is 0.462 e. The average Bonchev–Trinajstić information content (AvgIpc) is 1.30. The third kappa shape index (κ3) is 0.438. The smallest absolute Gasteiger partial charge is 0.389 e. The number of hydrogen-bond donors (Lipinski definition) is 0. The van der Waals surface area contributed by atoms with Gasteiger partial charge in [0.25, 0.3) is 0 Å². The van der Waals surface area contributed by atoms with Crippen LogP contribution in [0.4, 0.5) is 0 Å². The topological polar surface area (TPSA) is 18.5 Å². The molecule has 0 aromatic rings. The molecule has 26 valence electrons. The fraction of sp³-hybridized carbons (Fsp3) is 0.500. The van der Waals surface area contributed by atoms with Gasteiger partial charge >= 0.3 is 7.12 Å². The molecule has 0 bridgehead atoms. The van der Waals surface area contributed by atoms with Gasteiger partial charge in [-0.1, -0.05) is 0 Å². The van der Waals surface area contributed by atoms with E-state index < -0.39 is 7.12 Å². The third-order valence-electron chi connectivity index (χ3n) is 0.465. The van der Waals surface area contributed by atoms with Crippen LogP contribution in [0.15, 0.2) is 0 Å². The van der Waals surface area contributed by atoms with Gasteiger partial charge in [-0.2, -0.15) is 0 Å². The molecule has 2 nitrogen and oxygen atoms in total. The highest BCUT2D eigenvalue weighted by Crippen LogP contribution is 1.96. The van der Waals surface area contributed by atoms with E-state index in [0.717, 1.165) is 0 Å². The minimum Gasteiger partial charge on any atom is -0.389 e. The lowest BCUT2D eigenvalue weighted by molar-refractivity contribution is -0.00549. The van der Waals surface area contributed by atoms with Gasteiger partial charge in [-0.05, 0) is 6.82 Å². The van der Waals surface area contributed by atoms with Gasteiger partial charge in [-0.15, -0.1) is 0 Å². The van der Waals surface area contributed by atoms with E-state index in [9.17, 15) is 0 Å². The molecule has 1 heterocycles. The largest absolute Gasteiger partial charge is 0.462 e. The SMILES string of the molecule is [CH]B1OCO1. The van der Waals surface area contributed by atoms with Crippen LogP contribution in [0, 0.1) is 6.82 Å². The van der Waals surface area contributed by atoms with E-state index in [0.29, 0.717) is 6.79 Å². The number of hydrogen-bond acceptors (Lipinski definition) is 2. The second-order valence-corrected chi connectivity index (χ2v) is 0.820. The van der Waals surface area contributed by atoms with E-state index in [2.05, 4.69) is 9.31 Å². The van der Waals surface area contributed by atoms with Gasteiger partial charge in [-0.25, -0.2) is 0 Å². The Bertz CT molecular complexity index is 34.6. The molecule has 0 aliphatic carbocycles. The lowest BCUT2D eigenvalue weighted by Crippen LogP contribution is -2.32. The molecule has 0 unspecified atom stereocenters. The van der Waals surface area contributed by atoms with E-state index in [1.165, 1.54) is 0 Å². The summed E-state index contributed by atoms with van der Waals surface area (Å²) in [7, 11) is -0.435. The monoisotopic (exact) mass is 70.0 g/mol. The first-order valence-corrected chi connectivity index (χ1v) is 1.38. The molecule has 0 N–H and O–H groups in total. The van der Waals surface area contributed by atoms with Gasteiger partial charge in [-0.3, -0.25) is 0 Å². The molecule has 0 spiro atoms. The highest BCUT2D eigenvalue weighted by atomic mass is 16.8. The maximum atomic E-state index is 4.93. The highest BCUT2D eigenvalue weighted by molar-refractivity contribution is 6.48. The quantitative estimate of drug-likeness (QED) is 0.365. The Kier molecular flexibility index (Phi) is 0.632. The molecule has 3 heteroatoms. The van der Waals surface area contributed by atoms with Crippen molar-refractivity contribution in [2.24, 2.45) is 0 Å². The molecule has 1 aliphatic heterocycles. The molecule has 1 fully saturated rings. The second-order valence-electron chi connectivity index (χ2n) is 0.820. The van der Waals surface area contributed by atoms with Crippen LogP contribution in [0.1, 0.15) is 0 Å². The summed E-state index contributed by atoms with van der Waals surface area (Å²) in [6.07, 6.45) is 0. The first-order valence-electron chi connectivity index (χ1n) is 1.38. The van der Waals surface area contributed by atoms with Crippen molar-refractivity contribution in [1.82, 2.24) is 0 Å². The summed E-state index contributed by atoms with van der Waals surface area (Å²) in [6.45, 7) is 5.30. The van der Waals surface area contributed by atoms with Crippen molar-refractivity contribution < 1.29 is 9.31 Å². The predicted octanol–water partition coefficient (Wildman–Crippen LogP) is -0.271. The Balaban J connectivity index is 2.08. The van der Waals surface area contributed by atoms with E-state index in [4.69, 9.17) is 6.82 Å². The molecule has 0 aromatic carbocycles. The van der Waals surface area contributed by atoms with Crippen molar-refractivity contribution >= 4 is 7.12 Å². The standard InChI is InChI=1S/C2H3BO2/c1-3-4-2-5-3/h1H,2H2. The lowest BCUT2D eigenvalue weighted by atomic mass is 9.94. The average molecular weight is 69.9 g/mol. The van der Waals surface area contributed by atoms with Crippen LogP contribution in [0.5, 0.6) is 0 Å². The van der Waals surface area contributed by atoms with Gasteiger partial charge in [0, 0.05) is 0 Å². The molecule has 0 aromatic heterocycles. The first kappa shape index (κ1) is 3.19. The summed E-state index contributed by atoms with van der Waals surface area (Å²) >= 11 is 0. The summed E-state index contributed by atoms with van der Waals surface area (Å²) in [5.74, 6) is 0. The van der Waals surface area contributed by atoms with Crippen molar-refractivity contribution in [1.29, 1.82) is 0 Å². The molecule has 0 saturated carbocycles. The zero-order chi connectivity index (χ0) is 3.70. The maximum absolute atomic E-state index is 4.93. The lowest BCUT2D eigenvalue weighted by Gasteiger charge is -2.18. The molecule has 2 radical (unpaired) electrons. The minimum atomic E-state index is -0.435. The van der Waals surface area contributed by atoms with Crippen molar-refractivity contribution in [3.63, 3.8) is 0 Å². The van der Waals surface area contributed by atoms with Crippen LogP contribution in [0.25, 0.3) is 0 Å². The van der Waals surface area contributed by atoms with E-state index >= 15 is 0 Å².